The van der Waals surface area contributed by atoms with Crippen LogP contribution in [0, 0.1) is 5.92 Å². The summed E-state index contributed by atoms with van der Waals surface area (Å²) in [6.45, 7) is 2.51. The van der Waals surface area contributed by atoms with Gasteiger partial charge in [-0.15, -0.1) is 0 Å². The van der Waals surface area contributed by atoms with Gasteiger partial charge >= 0.3 is 5.97 Å². The number of hydrogen-bond acceptors (Lipinski definition) is 3. The van der Waals surface area contributed by atoms with E-state index in [9.17, 15) is 4.79 Å². The molecule has 1 saturated carbocycles. The van der Waals surface area contributed by atoms with Crippen molar-refractivity contribution >= 4 is 5.97 Å². The van der Waals surface area contributed by atoms with Crippen LogP contribution in [-0.4, -0.2) is 24.7 Å². The third kappa shape index (κ3) is 2.08. The highest BCUT2D eigenvalue weighted by Gasteiger charge is 2.36. The smallest absolute Gasteiger partial charge is 0.302 e. The lowest BCUT2D eigenvalue weighted by Crippen LogP contribution is -2.51. The lowest BCUT2D eigenvalue weighted by molar-refractivity contribution is -0.152. The Hall–Kier alpha value is -0.570. The van der Waals surface area contributed by atoms with Crippen molar-refractivity contribution in [1.82, 2.24) is 5.32 Å². The third-order valence-corrected chi connectivity index (χ3v) is 3.45. The maximum atomic E-state index is 10.9. The second kappa shape index (κ2) is 4.30. The van der Waals surface area contributed by atoms with Crippen LogP contribution in [0.15, 0.2) is 0 Å². The molecule has 1 saturated heterocycles. The SMILES string of the molecule is CC(=O)O[C@@H]1CCN[C@@H]2CCCC[C@H]21. The van der Waals surface area contributed by atoms with E-state index < -0.39 is 0 Å². The summed E-state index contributed by atoms with van der Waals surface area (Å²) < 4.78 is 5.38. The highest BCUT2D eigenvalue weighted by Crippen LogP contribution is 2.32. The van der Waals surface area contributed by atoms with Gasteiger partial charge in [-0.1, -0.05) is 12.8 Å². The summed E-state index contributed by atoms with van der Waals surface area (Å²) in [5.41, 5.74) is 0. The van der Waals surface area contributed by atoms with Crippen molar-refractivity contribution in [2.24, 2.45) is 5.92 Å². The fourth-order valence-corrected chi connectivity index (χ4v) is 2.84. The molecule has 0 spiro atoms. The Kier molecular flexibility index (Phi) is 3.06. The van der Waals surface area contributed by atoms with Crippen LogP contribution in [0.3, 0.4) is 0 Å². The van der Waals surface area contributed by atoms with Crippen LogP contribution in [0.2, 0.25) is 0 Å². The molecular formula is C11H19NO2. The molecule has 0 aromatic heterocycles. The highest BCUT2D eigenvalue weighted by molar-refractivity contribution is 5.66. The van der Waals surface area contributed by atoms with E-state index in [0.29, 0.717) is 12.0 Å². The van der Waals surface area contributed by atoms with E-state index in [1.54, 1.807) is 0 Å². The van der Waals surface area contributed by atoms with Gasteiger partial charge in [-0.25, -0.2) is 0 Å². The summed E-state index contributed by atoms with van der Waals surface area (Å²) in [4.78, 5) is 10.9. The first-order chi connectivity index (χ1) is 6.77. The van der Waals surface area contributed by atoms with Crippen LogP contribution in [0.4, 0.5) is 0 Å². The summed E-state index contributed by atoms with van der Waals surface area (Å²) in [7, 11) is 0. The van der Waals surface area contributed by atoms with Crippen LogP contribution in [0.1, 0.15) is 39.0 Å². The molecule has 0 aromatic rings. The van der Waals surface area contributed by atoms with Gasteiger partial charge in [0.2, 0.25) is 0 Å². The molecule has 0 aromatic carbocycles. The number of carbonyl (C=O) groups is 1. The van der Waals surface area contributed by atoms with Crippen LogP contribution in [0.5, 0.6) is 0 Å². The van der Waals surface area contributed by atoms with Crippen LogP contribution < -0.4 is 5.32 Å². The number of carbonyl (C=O) groups excluding carboxylic acids is 1. The molecule has 2 fully saturated rings. The lowest BCUT2D eigenvalue weighted by Gasteiger charge is -2.41. The Morgan fingerprint density at radius 3 is 2.86 bits per heavy atom. The number of rotatable bonds is 1. The minimum Gasteiger partial charge on any atom is -0.462 e. The van der Waals surface area contributed by atoms with E-state index in [-0.39, 0.29) is 12.1 Å². The second-order valence-corrected chi connectivity index (χ2v) is 4.45. The van der Waals surface area contributed by atoms with Gasteiger partial charge in [0.25, 0.3) is 0 Å². The van der Waals surface area contributed by atoms with Gasteiger partial charge in [0.1, 0.15) is 6.10 Å². The summed E-state index contributed by atoms with van der Waals surface area (Å²) in [6, 6.07) is 0.599. The molecule has 1 N–H and O–H groups in total. The first-order valence-corrected chi connectivity index (χ1v) is 5.68. The molecule has 80 valence electrons. The molecule has 0 radical (unpaired) electrons. The van der Waals surface area contributed by atoms with Crippen molar-refractivity contribution in [2.45, 2.75) is 51.2 Å². The second-order valence-electron chi connectivity index (χ2n) is 4.45. The van der Waals surface area contributed by atoms with E-state index in [4.69, 9.17) is 4.74 Å². The largest absolute Gasteiger partial charge is 0.462 e. The first-order valence-electron chi connectivity index (χ1n) is 5.68. The Morgan fingerprint density at radius 1 is 1.29 bits per heavy atom. The van der Waals surface area contributed by atoms with E-state index in [1.165, 1.54) is 32.6 Å². The molecule has 3 atom stereocenters. The van der Waals surface area contributed by atoms with Crippen molar-refractivity contribution in [3.63, 3.8) is 0 Å². The average molecular weight is 197 g/mol. The number of hydrogen-bond donors (Lipinski definition) is 1. The van der Waals surface area contributed by atoms with Crippen LogP contribution in [-0.2, 0) is 9.53 Å². The molecule has 1 aliphatic heterocycles. The molecule has 3 heteroatoms. The Morgan fingerprint density at radius 2 is 2.07 bits per heavy atom. The third-order valence-electron chi connectivity index (χ3n) is 3.45. The molecule has 1 heterocycles. The van der Waals surface area contributed by atoms with Crippen molar-refractivity contribution in [3.8, 4) is 0 Å². The molecule has 14 heavy (non-hydrogen) atoms. The normalized spacial score (nSPS) is 37.4. The van der Waals surface area contributed by atoms with Crippen LogP contribution in [0.25, 0.3) is 0 Å². The van der Waals surface area contributed by atoms with E-state index in [0.717, 1.165) is 13.0 Å². The van der Waals surface area contributed by atoms with Crippen LogP contribution >= 0.6 is 0 Å². The Bertz CT molecular complexity index is 215. The molecule has 1 aliphatic carbocycles. The summed E-state index contributed by atoms with van der Waals surface area (Å²) in [6.07, 6.45) is 6.25. The predicted octanol–water partition coefficient (Wildman–Crippen LogP) is 1.47. The van der Waals surface area contributed by atoms with Gasteiger partial charge in [-0.05, 0) is 25.8 Å². The molecule has 0 bridgehead atoms. The Labute approximate surface area is 85.2 Å². The number of nitrogens with one attached hydrogen (secondary N) is 1. The minimum atomic E-state index is -0.124. The topological polar surface area (TPSA) is 38.3 Å². The number of piperidine rings is 1. The fourth-order valence-electron chi connectivity index (χ4n) is 2.84. The monoisotopic (exact) mass is 197 g/mol. The number of ether oxygens (including phenoxy) is 1. The van der Waals surface area contributed by atoms with Crippen molar-refractivity contribution in [1.29, 1.82) is 0 Å². The quantitative estimate of drug-likeness (QED) is 0.647. The zero-order valence-corrected chi connectivity index (χ0v) is 8.79. The maximum absolute atomic E-state index is 10.9. The minimum absolute atomic E-state index is 0.124. The predicted molar refractivity (Wildman–Crippen MR) is 53.9 cm³/mol. The van der Waals surface area contributed by atoms with Gasteiger partial charge in [0, 0.05) is 18.9 Å². The van der Waals surface area contributed by atoms with Gasteiger partial charge in [0.15, 0.2) is 0 Å². The Balaban J connectivity index is 1.97. The highest BCUT2D eigenvalue weighted by atomic mass is 16.5. The first kappa shape index (κ1) is 9.97. The summed E-state index contributed by atoms with van der Waals surface area (Å²) in [5, 5.41) is 3.53. The fraction of sp³-hybridized carbons (Fsp3) is 0.909. The number of esters is 1. The average Bonchev–Trinajstić information content (AvgIpc) is 2.18. The van der Waals surface area contributed by atoms with E-state index >= 15 is 0 Å². The molecule has 0 amide bonds. The molecular weight excluding hydrogens is 178 g/mol. The van der Waals surface area contributed by atoms with Gasteiger partial charge in [-0.3, -0.25) is 4.79 Å². The zero-order valence-electron chi connectivity index (χ0n) is 8.79. The molecule has 0 unspecified atom stereocenters. The maximum Gasteiger partial charge on any atom is 0.302 e. The van der Waals surface area contributed by atoms with Crippen molar-refractivity contribution in [2.75, 3.05) is 6.54 Å². The van der Waals surface area contributed by atoms with Crippen molar-refractivity contribution < 1.29 is 9.53 Å². The van der Waals surface area contributed by atoms with Gasteiger partial charge < -0.3 is 10.1 Å². The van der Waals surface area contributed by atoms with E-state index in [1.807, 2.05) is 0 Å². The van der Waals surface area contributed by atoms with E-state index in [2.05, 4.69) is 5.32 Å². The number of fused-ring (bicyclic) bond motifs is 1. The van der Waals surface area contributed by atoms with Crippen molar-refractivity contribution in [3.05, 3.63) is 0 Å². The van der Waals surface area contributed by atoms with Gasteiger partial charge in [0.05, 0.1) is 0 Å². The zero-order chi connectivity index (χ0) is 9.97. The standard InChI is InChI=1S/C11H19NO2/c1-8(13)14-11-6-7-12-10-5-3-2-4-9(10)11/h9-12H,2-7H2,1H3/t9-,10-,11-/m1/s1. The van der Waals surface area contributed by atoms with Gasteiger partial charge in [-0.2, -0.15) is 0 Å². The summed E-state index contributed by atoms with van der Waals surface area (Å²) >= 11 is 0. The molecule has 2 rings (SSSR count). The summed E-state index contributed by atoms with van der Waals surface area (Å²) in [5.74, 6) is 0.447. The molecule has 3 nitrogen and oxygen atoms in total. The lowest BCUT2D eigenvalue weighted by atomic mass is 9.78. The molecule has 2 aliphatic rings.